The van der Waals surface area contributed by atoms with Crippen molar-refractivity contribution in [3.63, 3.8) is 0 Å². The minimum Gasteiger partial charge on any atom is -0.478 e. The van der Waals surface area contributed by atoms with Gasteiger partial charge in [0.15, 0.2) is 0 Å². The zero-order valence-electron chi connectivity index (χ0n) is 10.6. The van der Waals surface area contributed by atoms with Gasteiger partial charge in [0.1, 0.15) is 5.01 Å². The van der Waals surface area contributed by atoms with Crippen molar-refractivity contribution in [2.24, 2.45) is 7.05 Å². The molecule has 0 aliphatic rings. The number of hydrogen-bond donors (Lipinski definition) is 1. The molecule has 0 bridgehead atoms. The minimum absolute atomic E-state index is 0.276. The lowest BCUT2D eigenvalue weighted by Gasteiger charge is -1.97. The van der Waals surface area contributed by atoms with E-state index in [0.717, 1.165) is 21.8 Å². The highest BCUT2D eigenvalue weighted by Crippen LogP contribution is 2.28. The van der Waals surface area contributed by atoms with Crippen LogP contribution in [0.1, 0.15) is 10.4 Å². The highest BCUT2D eigenvalue weighted by molar-refractivity contribution is 7.13. The molecular formula is C14H11N3O2S. The summed E-state index contributed by atoms with van der Waals surface area (Å²) in [5.41, 5.74) is 3.03. The van der Waals surface area contributed by atoms with Crippen LogP contribution in [-0.2, 0) is 7.05 Å². The molecule has 0 unspecified atom stereocenters. The molecule has 5 nitrogen and oxygen atoms in total. The molecular weight excluding hydrogens is 274 g/mol. The molecule has 0 atom stereocenters. The van der Waals surface area contributed by atoms with Crippen LogP contribution in [-0.4, -0.2) is 25.8 Å². The average molecular weight is 285 g/mol. The number of carboxylic acids is 1. The van der Waals surface area contributed by atoms with Crippen molar-refractivity contribution < 1.29 is 9.90 Å². The lowest BCUT2D eigenvalue weighted by atomic mass is 10.1. The molecule has 3 aromatic rings. The number of benzene rings is 1. The first-order valence-corrected chi connectivity index (χ1v) is 6.80. The zero-order valence-corrected chi connectivity index (χ0v) is 11.5. The van der Waals surface area contributed by atoms with Crippen molar-refractivity contribution in [1.82, 2.24) is 14.8 Å². The van der Waals surface area contributed by atoms with E-state index in [2.05, 4.69) is 10.1 Å². The van der Waals surface area contributed by atoms with Crippen LogP contribution in [0, 0.1) is 0 Å². The Morgan fingerprint density at radius 1 is 1.25 bits per heavy atom. The fourth-order valence-corrected chi connectivity index (χ4v) is 2.68. The van der Waals surface area contributed by atoms with Crippen LogP contribution in [0.3, 0.4) is 0 Å². The second-order valence-electron chi connectivity index (χ2n) is 4.32. The maximum absolute atomic E-state index is 10.8. The van der Waals surface area contributed by atoms with E-state index in [9.17, 15) is 4.79 Å². The van der Waals surface area contributed by atoms with Gasteiger partial charge in [0.05, 0.1) is 17.5 Å². The SMILES string of the molecule is Cn1cc(-c2csc(-c3ccc(C(=O)O)cc3)n2)cn1. The molecule has 0 fully saturated rings. The first-order chi connectivity index (χ1) is 9.63. The number of thiazole rings is 1. The normalized spacial score (nSPS) is 10.7. The molecule has 0 spiro atoms. The second kappa shape index (κ2) is 4.90. The third-order valence-electron chi connectivity index (χ3n) is 2.88. The molecule has 2 aromatic heterocycles. The summed E-state index contributed by atoms with van der Waals surface area (Å²) in [6, 6.07) is 6.72. The predicted molar refractivity (Wildman–Crippen MR) is 76.7 cm³/mol. The van der Waals surface area contributed by atoms with E-state index < -0.39 is 5.97 Å². The standard InChI is InChI=1S/C14H11N3O2S/c1-17-7-11(6-15-17)12-8-20-13(16-12)9-2-4-10(5-3-9)14(18)19/h2-8H,1H3,(H,18,19). The second-order valence-corrected chi connectivity index (χ2v) is 5.18. The van der Waals surface area contributed by atoms with Gasteiger partial charge in [-0.05, 0) is 12.1 Å². The van der Waals surface area contributed by atoms with Crippen LogP contribution in [0.25, 0.3) is 21.8 Å². The van der Waals surface area contributed by atoms with E-state index >= 15 is 0 Å². The van der Waals surface area contributed by atoms with Crippen molar-refractivity contribution in [2.75, 3.05) is 0 Å². The number of aryl methyl sites for hydroxylation is 1. The Balaban J connectivity index is 1.91. The highest BCUT2D eigenvalue weighted by Gasteiger charge is 2.09. The van der Waals surface area contributed by atoms with Crippen LogP contribution in [0.2, 0.25) is 0 Å². The fourth-order valence-electron chi connectivity index (χ4n) is 1.85. The molecule has 20 heavy (non-hydrogen) atoms. The molecule has 3 rings (SSSR count). The molecule has 0 radical (unpaired) electrons. The van der Waals surface area contributed by atoms with E-state index in [1.54, 1.807) is 35.1 Å². The summed E-state index contributed by atoms with van der Waals surface area (Å²) in [6.45, 7) is 0. The summed E-state index contributed by atoms with van der Waals surface area (Å²) in [7, 11) is 1.86. The van der Waals surface area contributed by atoms with Gasteiger partial charge in [-0.15, -0.1) is 11.3 Å². The van der Waals surface area contributed by atoms with E-state index in [1.165, 1.54) is 11.3 Å². The van der Waals surface area contributed by atoms with E-state index in [0.29, 0.717) is 0 Å². The van der Waals surface area contributed by atoms with Gasteiger partial charge in [-0.2, -0.15) is 5.10 Å². The Morgan fingerprint density at radius 2 is 2.00 bits per heavy atom. The van der Waals surface area contributed by atoms with Crippen molar-refractivity contribution in [2.45, 2.75) is 0 Å². The first-order valence-electron chi connectivity index (χ1n) is 5.92. The summed E-state index contributed by atoms with van der Waals surface area (Å²) in [5, 5.41) is 15.8. The molecule has 6 heteroatoms. The van der Waals surface area contributed by atoms with Crippen LogP contribution in [0.4, 0.5) is 0 Å². The summed E-state index contributed by atoms with van der Waals surface area (Å²) in [4.78, 5) is 15.4. The first kappa shape index (κ1) is 12.6. The number of carbonyl (C=O) groups is 1. The van der Waals surface area contributed by atoms with Gasteiger partial charge in [-0.1, -0.05) is 12.1 Å². The summed E-state index contributed by atoms with van der Waals surface area (Å²) >= 11 is 1.53. The lowest BCUT2D eigenvalue weighted by molar-refractivity contribution is 0.0697. The third-order valence-corrected chi connectivity index (χ3v) is 3.77. The van der Waals surface area contributed by atoms with E-state index in [1.807, 2.05) is 18.6 Å². The predicted octanol–water partition coefficient (Wildman–Crippen LogP) is 2.91. The van der Waals surface area contributed by atoms with Gasteiger partial charge >= 0.3 is 5.97 Å². The summed E-state index contributed by atoms with van der Waals surface area (Å²) in [5.74, 6) is -0.924. The van der Waals surface area contributed by atoms with Gasteiger partial charge in [-0.3, -0.25) is 4.68 Å². The highest BCUT2D eigenvalue weighted by atomic mass is 32.1. The Kier molecular flexibility index (Phi) is 3.08. The smallest absolute Gasteiger partial charge is 0.335 e. The molecule has 0 saturated carbocycles. The van der Waals surface area contributed by atoms with Gasteiger partial charge in [0, 0.05) is 29.8 Å². The van der Waals surface area contributed by atoms with E-state index in [-0.39, 0.29) is 5.56 Å². The van der Waals surface area contributed by atoms with Crippen LogP contribution in [0.5, 0.6) is 0 Å². The monoisotopic (exact) mass is 285 g/mol. The maximum Gasteiger partial charge on any atom is 0.335 e. The Morgan fingerprint density at radius 3 is 2.60 bits per heavy atom. The average Bonchev–Trinajstić information content (AvgIpc) is 3.07. The molecule has 2 heterocycles. The van der Waals surface area contributed by atoms with Gasteiger partial charge in [0.25, 0.3) is 0 Å². The number of aromatic nitrogens is 3. The van der Waals surface area contributed by atoms with E-state index in [4.69, 9.17) is 5.11 Å². The molecule has 0 aliphatic carbocycles. The third kappa shape index (κ3) is 2.33. The molecule has 1 N–H and O–H groups in total. The number of rotatable bonds is 3. The summed E-state index contributed by atoms with van der Waals surface area (Å²) < 4.78 is 1.73. The van der Waals surface area contributed by atoms with Gasteiger partial charge < -0.3 is 5.11 Å². The van der Waals surface area contributed by atoms with Crippen molar-refractivity contribution in [3.8, 4) is 21.8 Å². The molecule has 100 valence electrons. The van der Waals surface area contributed by atoms with Crippen LogP contribution < -0.4 is 0 Å². The fraction of sp³-hybridized carbons (Fsp3) is 0.0714. The van der Waals surface area contributed by atoms with Gasteiger partial charge in [-0.25, -0.2) is 9.78 Å². The quantitative estimate of drug-likeness (QED) is 0.803. The molecule has 0 amide bonds. The summed E-state index contributed by atoms with van der Waals surface area (Å²) in [6.07, 6.45) is 3.68. The molecule has 0 saturated heterocycles. The minimum atomic E-state index is -0.924. The Labute approximate surface area is 119 Å². The topological polar surface area (TPSA) is 68.0 Å². The number of carboxylic acid groups (broad SMARTS) is 1. The Hall–Kier alpha value is -2.47. The molecule has 1 aromatic carbocycles. The largest absolute Gasteiger partial charge is 0.478 e. The van der Waals surface area contributed by atoms with Crippen LogP contribution in [0.15, 0.2) is 42.0 Å². The Bertz CT molecular complexity index is 759. The van der Waals surface area contributed by atoms with Crippen LogP contribution >= 0.6 is 11.3 Å². The number of nitrogens with zero attached hydrogens (tertiary/aromatic N) is 3. The lowest BCUT2D eigenvalue weighted by Crippen LogP contribution is -1.94. The zero-order chi connectivity index (χ0) is 14.1. The van der Waals surface area contributed by atoms with Crippen molar-refractivity contribution in [3.05, 3.63) is 47.6 Å². The van der Waals surface area contributed by atoms with Gasteiger partial charge in [0.2, 0.25) is 0 Å². The number of hydrogen-bond acceptors (Lipinski definition) is 4. The molecule has 0 aliphatic heterocycles. The maximum atomic E-state index is 10.8. The van der Waals surface area contributed by atoms with Crippen molar-refractivity contribution in [1.29, 1.82) is 0 Å². The number of aromatic carboxylic acids is 1. The van der Waals surface area contributed by atoms with Crippen molar-refractivity contribution >= 4 is 17.3 Å².